The Morgan fingerprint density at radius 2 is 2.00 bits per heavy atom. The molecule has 3 N–H and O–H groups in total. The molecule has 3 rings (SSSR count). The molecular weight excluding hydrogens is 260 g/mol. The quantitative estimate of drug-likeness (QED) is 0.828. The summed E-state index contributed by atoms with van der Waals surface area (Å²) in [5.74, 6) is 2.07. The van der Waals surface area contributed by atoms with Crippen LogP contribution in [0.5, 0.6) is 0 Å². The minimum absolute atomic E-state index is 0.193. The van der Waals surface area contributed by atoms with Gasteiger partial charge in [0.2, 0.25) is 10.0 Å². The van der Waals surface area contributed by atoms with Gasteiger partial charge < -0.3 is 5.73 Å². The highest BCUT2D eigenvalue weighted by molar-refractivity contribution is 7.89. The smallest absolute Gasteiger partial charge is 0.242 e. The lowest BCUT2D eigenvalue weighted by Gasteiger charge is -2.22. The maximum atomic E-state index is 12.2. The highest BCUT2D eigenvalue weighted by Crippen LogP contribution is 2.48. The molecule has 2 aliphatic rings. The van der Waals surface area contributed by atoms with Gasteiger partial charge in [0.25, 0.3) is 0 Å². The molecule has 2 aliphatic carbocycles. The second kappa shape index (κ2) is 4.80. The first-order valence-electron chi connectivity index (χ1n) is 6.90. The van der Waals surface area contributed by atoms with Crippen molar-refractivity contribution in [3.63, 3.8) is 0 Å². The number of benzene rings is 1. The first-order chi connectivity index (χ1) is 9.06. The first kappa shape index (κ1) is 12.9. The van der Waals surface area contributed by atoms with Crippen LogP contribution in [0, 0.1) is 17.8 Å². The van der Waals surface area contributed by atoms with E-state index in [1.807, 2.05) is 0 Å². The summed E-state index contributed by atoms with van der Waals surface area (Å²) < 4.78 is 27.2. The zero-order valence-corrected chi connectivity index (χ0v) is 11.7. The molecule has 1 aromatic rings. The van der Waals surface area contributed by atoms with Crippen molar-refractivity contribution in [3.8, 4) is 0 Å². The topological polar surface area (TPSA) is 72.2 Å². The molecule has 0 aliphatic heterocycles. The van der Waals surface area contributed by atoms with Crippen LogP contribution in [0.15, 0.2) is 29.2 Å². The molecule has 0 saturated heterocycles. The fourth-order valence-electron chi connectivity index (χ4n) is 3.65. The van der Waals surface area contributed by atoms with Crippen molar-refractivity contribution in [2.45, 2.75) is 30.6 Å². The molecule has 3 atom stereocenters. The maximum absolute atomic E-state index is 12.2. The predicted molar refractivity (Wildman–Crippen MR) is 75.0 cm³/mol. The van der Waals surface area contributed by atoms with E-state index in [1.54, 1.807) is 24.3 Å². The first-order valence-corrected chi connectivity index (χ1v) is 8.39. The van der Waals surface area contributed by atoms with E-state index >= 15 is 0 Å². The van der Waals surface area contributed by atoms with Gasteiger partial charge in [0.1, 0.15) is 4.90 Å². The van der Waals surface area contributed by atoms with Crippen molar-refractivity contribution in [2.24, 2.45) is 17.8 Å². The third kappa shape index (κ3) is 2.49. The standard InChI is InChI=1S/C14H20N2O2S/c15-13-3-1-2-4-14(13)19(17,18)16-9-12-8-10-5-6-11(12)7-10/h1-4,10-12,16H,5-9,15H2. The zero-order valence-electron chi connectivity index (χ0n) is 10.9. The normalized spacial score (nSPS) is 29.8. The van der Waals surface area contributed by atoms with E-state index in [0.29, 0.717) is 18.2 Å². The molecule has 104 valence electrons. The van der Waals surface area contributed by atoms with Crippen LogP contribution in [-0.4, -0.2) is 15.0 Å². The third-order valence-corrected chi connectivity index (χ3v) is 6.13. The molecule has 2 saturated carbocycles. The molecule has 0 spiro atoms. The molecule has 3 unspecified atom stereocenters. The summed E-state index contributed by atoms with van der Waals surface area (Å²) in [5, 5.41) is 0. The van der Waals surface area contributed by atoms with E-state index in [-0.39, 0.29) is 4.90 Å². The molecule has 19 heavy (non-hydrogen) atoms. The van der Waals surface area contributed by atoms with Crippen LogP contribution >= 0.6 is 0 Å². The van der Waals surface area contributed by atoms with Crippen LogP contribution in [0.1, 0.15) is 25.7 Å². The predicted octanol–water partition coefficient (Wildman–Crippen LogP) is 1.98. The van der Waals surface area contributed by atoms with Crippen LogP contribution in [0.4, 0.5) is 5.69 Å². The number of nitrogens with one attached hydrogen (secondary N) is 1. The fraction of sp³-hybridized carbons (Fsp3) is 0.571. The fourth-order valence-corrected chi connectivity index (χ4v) is 4.87. The Morgan fingerprint density at radius 3 is 2.63 bits per heavy atom. The van der Waals surface area contributed by atoms with E-state index < -0.39 is 10.0 Å². The molecule has 0 aromatic heterocycles. The summed E-state index contributed by atoms with van der Waals surface area (Å²) in [4.78, 5) is 0.193. The van der Waals surface area contributed by atoms with E-state index in [9.17, 15) is 8.42 Å². The summed E-state index contributed by atoms with van der Waals surface area (Å²) in [7, 11) is -3.47. The number of nitrogens with two attached hydrogens (primary N) is 1. The van der Waals surface area contributed by atoms with Crippen LogP contribution < -0.4 is 10.5 Å². The Bertz CT molecular complexity index is 571. The van der Waals surface area contributed by atoms with Crippen molar-refractivity contribution in [2.75, 3.05) is 12.3 Å². The van der Waals surface area contributed by atoms with Gasteiger partial charge in [-0.15, -0.1) is 0 Å². The van der Waals surface area contributed by atoms with Crippen LogP contribution in [0.2, 0.25) is 0 Å². The largest absolute Gasteiger partial charge is 0.398 e. The van der Waals surface area contributed by atoms with Crippen molar-refractivity contribution < 1.29 is 8.42 Å². The Balaban J connectivity index is 1.68. The summed E-state index contributed by atoms with van der Waals surface area (Å²) in [6.45, 7) is 0.553. The Morgan fingerprint density at radius 1 is 1.21 bits per heavy atom. The molecule has 0 radical (unpaired) electrons. The Hall–Kier alpha value is -1.07. The van der Waals surface area contributed by atoms with Gasteiger partial charge in [0.15, 0.2) is 0 Å². The molecule has 0 heterocycles. The van der Waals surface area contributed by atoms with Gasteiger partial charge in [-0.2, -0.15) is 0 Å². The number of hydrogen-bond donors (Lipinski definition) is 2. The summed E-state index contributed by atoms with van der Waals surface area (Å²) in [6, 6.07) is 6.61. The van der Waals surface area contributed by atoms with Crippen molar-refractivity contribution >= 4 is 15.7 Å². The van der Waals surface area contributed by atoms with Gasteiger partial charge in [-0.05, 0) is 49.1 Å². The molecule has 0 amide bonds. The average molecular weight is 280 g/mol. The van der Waals surface area contributed by atoms with Crippen molar-refractivity contribution in [1.29, 1.82) is 0 Å². The number of para-hydroxylation sites is 1. The number of fused-ring (bicyclic) bond motifs is 2. The second-order valence-electron chi connectivity index (χ2n) is 5.82. The van der Waals surface area contributed by atoms with Gasteiger partial charge in [0, 0.05) is 6.54 Å². The number of anilines is 1. The maximum Gasteiger partial charge on any atom is 0.242 e. The van der Waals surface area contributed by atoms with Gasteiger partial charge in [-0.3, -0.25) is 0 Å². The van der Waals surface area contributed by atoms with Gasteiger partial charge in [-0.1, -0.05) is 18.6 Å². The lowest BCUT2D eigenvalue weighted by molar-refractivity contribution is 0.333. The summed E-state index contributed by atoms with van der Waals surface area (Å²) >= 11 is 0. The van der Waals surface area contributed by atoms with E-state index in [1.165, 1.54) is 25.7 Å². The number of rotatable bonds is 4. The van der Waals surface area contributed by atoms with Crippen LogP contribution in [-0.2, 0) is 10.0 Å². The molecular formula is C14H20N2O2S. The molecule has 1 aromatic carbocycles. The molecule has 2 fully saturated rings. The lowest BCUT2D eigenvalue weighted by Crippen LogP contribution is -2.32. The van der Waals surface area contributed by atoms with E-state index in [0.717, 1.165) is 11.8 Å². The number of nitrogen functional groups attached to an aromatic ring is 1. The summed E-state index contributed by atoms with van der Waals surface area (Å²) in [6.07, 6.45) is 5.07. The molecule has 4 nitrogen and oxygen atoms in total. The minimum Gasteiger partial charge on any atom is -0.398 e. The highest BCUT2D eigenvalue weighted by Gasteiger charge is 2.39. The highest BCUT2D eigenvalue weighted by atomic mass is 32.2. The average Bonchev–Trinajstić information content (AvgIpc) is 2.99. The van der Waals surface area contributed by atoms with E-state index in [4.69, 9.17) is 5.73 Å². The third-order valence-electron chi connectivity index (χ3n) is 4.63. The molecule has 5 heteroatoms. The van der Waals surface area contributed by atoms with E-state index in [2.05, 4.69) is 4.72 Å². The van der Waals surface area contributed by atoms with Gasteiger partial charge in [-0.25, -0.2) is 13.1 Å². The zero-order chi connectivity index (χ0) is 13.5. The SMILES string of the molecule is Nc1ccccc1S(=O)(=O)NCC1CC2CCC1C2. The van der Waals surface area contributed by atoms with Gasteiger partial charge in [0.05, 0.1) is 5.69 Å². The number of hydrogen-bond acceptors (Lipinski definition) is 3. The Kier molecular flexibility index (Phi) is 3.27. The molecule has 2 bridgehead atoms. The Labute approximate surface area is 114 Å². The van der Waals surface area contributed by atoms with Crippen LogP contribution in [0.3, 0.4) is 0 Å². The second-order valence-corrected chi connectivity index (χ2v) is 7.56. The van der Waals surface area contributed by atoms with Crippen molar-refractivity contribution in [1.82, 2.24) is 4.72 Å². The van der Waals surface area contributed by atoms with Gasteiger partial charge >= 0.3 is 0 Å². The van der Waals surface area contributed by atoms with Crippen LogP contribution in [0.25, 0.3) is 0 Å². The summed E-state index contributed by atoms with van der Waals surface area (Å²) in [5.41, 5.74) is 6.04. The monoisotopic (exact) mass is 280 g/mol. The lowest BCUT2D eigenvalue weighted by atomic mass is 9.89. The number of sulfonamides is 1. The van der Waals surface area contributed by atoms with Crippen molar-refractivity contribution in [3.05, 3.63) is 24.3 Å². The minimum atomic E-state index is -3.47.